The second-order valence-electron chi connectivity index (χ2n) is 7.36. The second kappa shape index (κ2) is 9.28. The van der Waals surface area contributed by atoms with Crippen molar-refractivity contribution in [1.29, 1.82) is 0 Å². The van der Waals surface area contributed by atoms with Gasteiger partial charge >= 0.3 is 0 Å². The zero-order chi connectivity index (χ0) is 21.8. The average Bonchev–Trinajstić information content (AvgIpc) is 3.19. The van der Waals surface area contributed by atoms with Crippen LogP contribution in [-0.4, -0.2) is 40.7 Å². The first-order chi connectivity index (χ1) is 15.1. The highest BCUT2D eigenvalue weighted by molar-refractivity contribution is 7.71. The summed E-state index contributed by atoms with van der Waals surface area (Å²) < 4.78 is 6.91. The number of carbonyl (C=O) groups is 1. The van der Waals surface area contributed by atoms with Gasteiger partial charge in [0.05, 0.1) is 10.9 Å². The molecule has 0 aliphatic carbocycles. The van der Waals surface area contributed by atoms with Crippen LogP contribution in [-0.2, 0) is 17.7 Å². The van der Waals surface area contributed by atoms with Gasteiger partial charge in [0, 0.05) is 49.5 Å². The number of carbonyl (C=O) groups excluding carboxylic acids is 1. The van der Waals surface area contributed by atoms with E-state index in [2.05, 4.69) is 21.4 Å². The van der Waals surface area contributed by atoms with Crippen molar-refractivity contribution in [3.8, 4) is 0 Å². The molecule has 0 saturated heterocycles. The van der Waals surface area contributed by atoms with Gasteiger partial charge in [-0.25, -0.2) is 0 Å². The topological polar surface area (TPSA) is 91.9 Å². The van der Waals surface area contributed by atoms with Crippen molar-refractivity contribution in [2.45, 2.75) is 19.4 Å². The van der Waals surface area contributed by atoms with Crippen LogP contribution < -0.4 is 10.9 Å². The minimum Gasteiger partial charge on any atom is -0.385 e. The molecule has 0 bridgehead atoms. The number of aromatic nitrogens is 3. The number of nitrogens with one attached hydrogen (secondary N) is 3. The monoisotopic (exact) mass is 436 g/mol. The Kier molecular flexibility index (Phi) is 6.29. The van der Waals surface area contributed by atoms with Crippen molar-refractivity contribution < 1.29 is 9.53 Å². The smallest absolute Gasteiger partial charge is 0.262 e. The average molecular weight is 437 g/mol. The van der Waals surface area contributed by atoms with Crippen LogP contribution in [0.25, 0.3) is 21.8 Å². The normalized spacial score (nSPS) is 11.3. The molecule has 7 nitrogen and oxygen atoms in total. The first-order valence-corrected chi connectivity index (χ1v) is 10.6. The quantitative estimate of drug-likeness (QED) is 0.291. The lowest BCUT2D eigenvalue weighted by Gasteiger charge is -2.09. The summed E-state index contributed by atoms with van der Waals surface area (Å²) in [5, 5.41) is 4.62. The van der Waals surface area contributed by atoms with Gasteiger partial charge in [-0.2, -0.15) is 0 Å². The van der Waals surface area contributed by atoms with Gasteiger partial charge in [-0.1, -0.05) is 18.2 Å². The number of nitrogens with zero attached hydrogens (tertiary/aromatic N) is 1. The Morgan fingerprint density at radius 1 is 1.16 bits per heavy atom. The molecule has 2 aromatic carbocycles. The molecule has 3 N–H and O–H groups in total. The molecule has 2 heterocycles. The highest BCUT2D eigenvalue weighted by Crippen LogP contribution is 2.18. The van der Waals surface area contributed by atoms with Crippen molar-refractivity contribution in [2.75, 3.05) is 20.3 Å². The third-order valence-corrected chi connectivity index (χ3v) is 5.65. The molecule has 0 unspecified atom stereocenters. The first kappa shape index (κ1) is 21.0. The van der Waals surface area contributed by atoms with E-state index in [1.54, 1.807) is 25.3 Å². The molecule has 0 fully saturated rings. The van der Waals surface area contributed by atoms with Gasteiger partial charge in [0.2, 0.25) is 0 Å². The molecule has 0 radical (unpaired) electrons. The number of benzene rings is 2. The number of amides is 1. The fourth-order valence-electron chi connectivity index (χ4n) is 3.72. The van der Waals surface area contributed by atoms with Gasteiger partial charge in [0.1, 0.15) is 0 Å². The highest BCUT2D eigenvalue weighted by Gasteiger charge is 2.11. The predicted molar refractivity (Wildman–Crippen MR) is 124 cm³/mol. The van der Waals surface area contributed by atoms with E-state index in [1.165, 1.54) is 4.57 Å². The summed E-state index contributed by atoms with van der Waals surface area (Å²) in [7, 11) is 1.62. The van der Waals surface area contributed by atoms with Crippen LogP contribution in [0.4, 0.5) is 0 Å². The number of hydrogen-bond donors (Lipinski definition) is 3. The standard InChI is InChI=1S/C23H24N4O3S/c1-30-12-4-11-27-22(29)18-8-7-15(13-20(18)26-23(27)31)21(28)24-10-9-16-14-25-19-6-3-2-5-17(16)19/h2-3,5-8,13-14,25H,4,9-12H2,1H3,(H,24,28)(H,26,31). The molecular formula is C23H24N4O3S. The predicted octanol–water partition coefficient (Wildman–Crippen LogP) is 3.55. The van der Waals surface area contributed by atoms with Gasteiger partial charge in [-0.15, -0.1) is 0 Å². The van der Waals surface area contributed by atoms with Crippen LogP contribution in [0, 0.1) is 4.77 Å². The number of hydrogen-bond acceptors (Lipinski definition) is 4. The summed E-state index contributed by atoms with van der Waals surface area (Å²) in [6, 6.07) is 13.1. The number of ether oxygens (including phenoxy) is 1. The Labute approximate surface area is 184 Å². The Bertz CT molecular complexity index is 1350. The van der Waals surface area contributed by atoms with Gasteiger partial charge in [-0.3, -0.25) is 14.2 Å². The van der Waals surface area contributed by atoms with E-state index in [9.17, 15) is 9.59 Å². The lowest BCUT2D eigenvalue weighted by Crippen LogP contribution is -2.26. The lowest BCUT2D eigenvalue weighted by molar-refractivity contribution is 0.0954. The second-order valence-corrected chi connectivity index (χ2v) is 7.75. The maximum Gasteiger partial charge on any atom is 0.262 e. The summed E-state index contributed by atoms with van der Waals surface area (Å²) >= 11 is 5.34. The van der Waals surface area contributed by atoms with Crippen LogP contribution in [0.1, 0.15) is 22.3 Å². The van der Waals surface area contributed by atoms with E-state index in [0.29, 0.717) is 47.4 Å². The van der Waals surface area contributed by atoms with E-state index in [-0.39, 0.29) is 11.5 Å². The minimum absolute atomic E-state index is 0.166. The number of aromatic amines is 2. The maximum absolute atomic E-state index is 12.8. The number of H-pyrrole nitrogens is 2. The van der Waals surface area contributed by atoms with Crippen molar-refractivity contribution in [3.63, 3.8) is 0 Å². The van der Waals surface area contributed by atoms with E-state index in [0.717, 1.165) is 22.9 Å². The molecule has 1 amide bonds. The Morgan fingerprint density at radius 3 is 2.84 bits per heavy atom. The van der Waals surface area contributed by atoms with E-state index < -0.39 is 0 Å². The van der Waals surface area contributed by atoms with Crippen LogP contribution in [0.5, 0.6) is 0 Å². The first-order valence-electron chi connectivity index (χ1n) is 10.2. The van der Waals surface area contributed by atoms with Crippen molar-refractivity contribution >= 4 is 39.9 Å². The fraction of sp³-hybridized carbons (Fsp3) is 0.261. The zero-order valence-electron chi connectivity index (χ0n) is 17.2. The molecule has 160 valence electrons. The molecule has 2 aromatic heterocycles. The van der Waals surface area contributed by atoms with E-state index in [4.69, 9.17) is 17.0 Å². The fourth-order valence-corrected chi connectivity index (χ4v) is 4.00. The Morgan fingerprint density at radius 2 is 2.00 bits per heavy atom. The van der Waals surface area contributed by atoms with Crippen LogP contribution in [0.15, 0.2) is 53.5 Å². The van der Waals surface area contributed by atoms with Crippen molar-refractivity contribution in [1.82, 2.24) is 19.9 Å². The summed E-state index contributed by atoms with van der Waals surface area (Å²) in [6.45, 7) is 1.54. The molecule has 8 heteroatoms. The van der Waals surface area contributed by atoms with Gasteiger partial charge in [0.25, 0.3) is 11.5 Å². The molecule has 0 aliphatic heterocycles. The third kappa shape index (κ3) is 4.45. The van der Waals surface area contributed by atoms with E-state index in [1.807, 2.05) is 24.4 Å². The zero-order valence-corrected chi connectivity index (χ0v) is 18.1. The van der Waals surface area contributed by atoms with Crippen LogP contribution in [0.3, 0.4) is 0 Å². The van der Waals surface area contributed by atoms with Crippen LogP contribution in [0.2, 0.25) is 0 Å². The number of methoxy groups -OCH3 is 1. The van der Waals surface area contributed by atoms with Crippen molar-refractivity contribution in [2.24, 2.45) is 0 Å². The van der Waals surface area contributed by atoms with Gasteiger partial charge < -0.3 is 20.0 Å². The summed E-state index contributed by atoms with van der Waals surface area (Å²) in [6.07, 6.45) is 3.39. The minimum atomic E-state index is -0.190. The van der Waals surface area contributed by atoms with Crippen molar-refractivity contribution in [3.05, 3.63) is 74.9 Å². The summed E-state index contributed by atoms with van der Waals surface area (Å²) in [5.74, 6) is -0.190. The number of fused-ring (bicyclic) bond motifs is 2. The highest BCUT2D eigenvalue weighted by atomic mass is 32.1. The van der Waals surface area contributed by atoms with Crippen LogP contribution >= 0.6 is 12.2 Å². The van der Waals surface area contributed by atoms with Gasteiger partial charge in [0.15, 0.2) is 4.77 Å². The molecule has 0 atom stereocenters. The molecule has 0 aliphatic rings. The van der Waals surface area contributed by atoms with Gasteiger partial charge in [-0.05, 0) is 54.9 Å². The molecule has 4 rings (SSSR count). The van der Waals surface area contributed by atoms with E-state index >= 15 is 0 Å². The lowest BCUT2D eigenvalue weighted by atomic mass is 10.1. The Balaban J connectivity index is 1.47. The molecule has 4 aromatic rings. The molecule has 0 spiro atoms. The largest absolute Gasteiger partial charge is 0.385 e. The number of para-hydroxylation sites is 1. The third-order valence-electron chi connectivity index (χ3n) is 5.33. The summed E-state index contributed by atoms with van der Waals surface area (Å²) in [4.78, 5) is 31.7. The Hall–Kier alpha value is -3.23. The number of rotatable bonds is 8. The maximum atomic E-state index is 12.8. The molecule has 0 saturated carbocycles. The SMILES string of the molecule is COCCCn1c(=S)[nH]c2cc(C(=O)NCCc3c[nH]c4ccccc34)ccc2c1=O. The summed E-state index contributed by atoms with van der Waals surface area (Å²) in [5.41, 5.74) is 3.12. The molecular weight excluding hydrogens is 412 g/mol. The molecule has 31 heavy (non-hydrogen) atoms.